The number of nitrogens with one attached hydrogen (secondary N) is 2. The highest BCUT2D eigenvalue weighted by Crippen LogP contribution is 2.38. The van der Waals surface area contributed by atoms with E-state index in [0.29, 0.717) is 22.0 Å². The highest BCUT2D eigenvalue weighted by atomic mass is 35.5. The molecule has 3 aromatic carbocycles. The summed E-state index contributed by atoms with van der Waals surface area (Å²) in [5, 5.41) is 6.89. The highest BCUT2D eigenvalue weighted by molar-refractivity contribution is 6.38. The molecule has 1 aliphatic heterocycles. The second-order valence-electron chi connectivity index (χ2n) is 8.12. The fraction of sp³-hybridized carbons (Fsp3) is 0.0741. The number of imidazole rings is 1. The van der Waals surface area contributed by atoms with Crippen molar-refractivity contribution in [3.63, 3.8) is 0 Å². The summed E-state index contributed by atoms with van der Waals surface area (Å²) >= 11 is 6.13. The number of halogens is 1. The molecule has 2 heterocycles. The topological polar surface area (TPSA) is 79.3 Å². The third-order valence-corrected chi connectivity index (χ3v) is 6.05. The Morgan fingerprint density at radius 1 is 1.09 bits per heavy atom. The number of carbonyl (C=O) groups is 2. The Labute approximate surface area is 207 Å². The van der Waals surface area contributed by atoms with Crippen molar-refractivity contribution in [3.05, 3.63) is 108 Å². The fourth-order valence-corrected chi connectivity index (χ4v) is 4.15. The van der Waals surface area contributed by atoms with E-state index in [0.717, 1.165) is 22.5 Å². The summed E-state index contributed by atoms with van der Waals surface area (Å²) in [6.07, 6.45) is 5.01. The molecule has 0 aliphatic carbocycles. The molecule has 0 bridgehead atoms. The van der Waals surface area contributed by atoms with Crippen molar-refractivity contribution in [2.75, 3.05) is 22.6 Å². The van der Waals surface area contributed by atoms with E-state index in [1.807, 2.05) is 60.7 Å². The number of benzene rings is 3. The van der Waals surface area contributed by atoms with Gasteiger partial charge in [0.2, 0.25) is 5.91 Å². The lowest BCUT2D eigenvalue weighted by Gasteiger charge is -2.19. The van der Waals surface area contributed by atoms with Crippen molar-refractivity contribution in [1.82, 2.24) is 9.55 Å². The smallest absolute Gasteiger partial charge is 0.258 e. The van der Waals surface area contributed by atoms with Gasteiger partial charge >= 0.3 is 0 Å². The lowest BCUT2D eigenvalue weighted by atomic mass is 10.00. The Hall–Kier alpha value is -4.36. The molecule has 0 saturated heterocycles. The number of likely N-dealkylation sites (N-methyl/N-ethyl adjacent to an activating group) is 1. The Morgan fingerprint density at radius 2 is 1.86 bits per heavy atom. The van der Waals surface area contributed by atoms with E-state index in [2.05, 4.69) is 15.6 Å². The average molecular weight is 484 g/mol. The Morgan fingerprint density at radius 3 is 2.57 bits per heavy atom. The molecule has 2 amide bonds. The molecular formula is C27H22ClN5O2. The SMILES string of the molecule is CN(C(=O)Cn1ccnc1)c1ccc(NC(=C2C(=O)Nc3cc(Cl)ccc32)c2ccccc2)cc1. The number of hydrogen-bond acceptors (Lipinski definition) is 4. The summed E-state index contributed by atoms with van der Waals surface area (Å²) < 4.78 is 1.73. The summed E-state index contributed by atoms with van der Waals surface area (Å²) in [6.45, 7) is 0.208. The van der Waals surface area contributed by atoms with Gasteiger partial charge in [0.05, 0.1) is 23.3 Å². The van der Waals surface area contributed by atoms with E-state index in [1.165, 1.54) is 0 Å². The van der Waals surface area contributed by atoms with E-state index < -0.39 is 0 Å². The van der Waals surface area contributed by atoms with E-state index in [9.17, 15) is 9.59 Å². The van der Waals surface area contributed by atoms with Crippen molar-refractivity contribution >= 4 is 51.7 Å². The lowest BCUT2D eigenvalue weighted by Crippen LogP contribution is -2.29. The molecule has 35 heavy (non-hydrogen) atoms. The van der Waals surface area contributed by atoms with Gasteiger partial charge in [0.1, 0.15) is 6.54 Å². The van der Waals surface area contributed by atoms with Crippen LogP contribution in [0.1, 0.15) is 11.1 Å². The molecule has 1 aliphatic rings. The number of rotatable bonds is 6. The zero-order chi connectivity index (χ0) is 24.4. The quantitative estimate of drug-likeness (QED) is 0.372. The van der Waals surface area contributed by atoms with Crippen LogP contribution in [-0.4, -0.2) is 28.4 Å². The van der Waals surface area contributed by atoms with Crippen LogP contribution in [0, 0.1) is 0 Å². The average Bonchev–Trinajstić information content (AvgIpc) is 3.49. The summed E-state index contributed by atoms with van der Waals surface area (Å²) in [5.41, 5.74) is 5.10. The van der Waals surface area contributed by atoms with Crippen molar-refractivity contribution in [2.45, 2.75) is 6.54 Å². The Kier molecular flexibility index (Phi) is 6.08. The largest absolute Gasteiger partial charge is 0.354 e. The second kappa shape index (κ2) is 9.48. The molecule has 0 saturated carbocycles. The van der Waals surface area contributed by atoms with Crippen LogP contribution >= 0.6 is 11.6 Å². The second-order valence-corrected chi connectivity index (χ2v) is 8.56. The predicted molar refractivity (Wildman–Crippen MR) is 139 cm³/mol. The number of fused-ring (bicyclic) bond motifs is 1. The van der Waals surface area contributed by atoms with Crippen LogP contribution < -0.4 is 15.5 Å². The maximum atomic E-state index is 13.0. The summed E-state index contributed by atoms with van der Waals surface area (Å²) in [4.78, 5) is 31.2. The molecule has 1 aromatic heterocycles. The molecule has 0 unspecified atom stereocenters. The van der Waals surface area contributed by atoms with Gasteiger partial charge in [0.15, 0.2) is 0 Å². The van der Waals surface area contributed by atoms with Crippen molar-refractivity contribution in [3.8, 4) is 0 Å². The first-order chi connectivity index (χ1) is 17.0. The van der Waals surface area contributed by atoms with Gasteiger partial charge in [-0.1, -0.05) is 48.0 Å². The summed E-state index contributed by atoms with van der Waals surface area (Å²) in [5.74, 6) is -0.260. The maximum Gasteiger partial charge on any atom is 0.258 e. The monoisotopic (exact) mass is 483 g/mol. The third-order valence-electron chi connectivity index (χ3n) is 5.81. The number of aromatic nitrogens is 2. The standard InChI is InChI=1S/C27H22ClN5O2/c1-32(24(34)16-33-14-13-29-17-33)21-10-8-20(9-11-21)30-26(18-5-3-2-4-6-18)25-22-12-7-19(28)15-23(22)31-27(25)35/h2-15,17,30H,16H2,1H3,(H,31,35). The molecule has 2 N–H and O–H groups in total. The van der Waals surface area contributed by atoms with E-state index in [4.69, 9.17) is 11.6 Å². The van der Waals surface area contributed by atoms with E-state index >= 15 is 0 Å². The molecule has 8 heteroatoms. The Balaban J connectivity index is 1.45. The molecular weight excluding hydrogens is 462 g/mol. The van der Waals surface area contributed by atoms with E-state index in [1.54, 1.807) is 47.4 Å². The van der Waals surface area contributed by atoms with Crippen molar-refractivity contribution < 1.29 is 9.59 Å². The van der Waals surface area contributed by atoms with Crippen LogP contribution in [0.2, 0.25) is 5.02 Å². The van der Waals surface area contributed by atoms with Gasteiger partial charge in [-0.3, -0.25) is 9.59 Å². The normalized spacial score (nSPS) is 13.7. The van der Waals surface area contributed by atoms with Gasteiger partial charge in [0, 0.05) is 41.4 Å². The number of amides is 2. The van der Waals surface area contributed by atoms with E-state index in [-0.39, 0.29) is 18.4 Å². The van der Waals surface area contributed by atoms with Gasteiger partial charge in [0.25, 0.3) is 5.91 Å². The molecule has 4 aromatic rings. The maximum absolute atomic E-state index is 13.0. The number of carbonyl (C=O) groups excluding carboxylic acids is 2. The minimum Gasteiger partial charge on any atom is -0.354 e. The molecule has 0 radical (unpaired) electrons. The van der Waals surface area contributed by atoms with Crippen LogP contribution in [0.25, 0.3) is 11.3 Å². The predicted octanol–water partition coefficient (Wildman–Crippen LogP) is 5.13. The van der Waals surface area contributed by atoms with Gasteiger partial charge in [-0.25, -0.2) is 4.98 Å². The highest BCUT2D eigenvalue weighted by Gasteiger charge is 2.28. The van der Waals surface area contributed by atoms with Crippen LogP contribution in [0.5, 0.6) is 0 Å². The molecule has 174 valence electrons. The van der Waals surface area contributed by atoms with Gasteiger partial charge < -0.3 is 20.1 Å². The fourth-order valence-electron chi connectivity index (χ4n) is 3.98. The summed E-state index contributed by atoms with van der Waals surface area (Å²) in [7, 11) is 1.74. The molecule has 0 fully saturated rings. The van der Waals surface area contributed by atoms with Crippen molar-refractivity contribution in [1.29, 1.82) is 0 Å². The molecule has 0 atom stereocenters. The Bertz CT molecular complexity index is 1410. The first kappa shape index (κ1) is 22.4. The molecule has 0 spiro atoms. The minimum absolute atomic E-state index is 0.0614. The summed E-state index contributed by atoms with van der Waals surface area (Å²) in [6, 6.07) is 22.6. The zero-order valence-electron chi connectivity index (χ0n) is 18.9. The van der Waals surface area contributed by atoms with Gasteiger partial charge in [-0.15, -0.1) is 0 Å². The number of nitrogens with zero attached hydrogens (tertiary/aromatic N) is 3. The van der Waals surface area contributed by atoms with Crippen LogP contribution in [0.15, 0.2) is 91.5 Å². The first-order valence-electron chi connectivity index (χ1n) is 11.0. The van der Waals surface area contributed by atoms with Gasteiger partial charge in [-0.05, 0) is 42.0 Å². The van der Waals surface area contributed by atoms with Crippen LogP contribution in [0.4, 0.5) is 17.1 Å². The zero-order valence-corrected chi connectivity index (χ0v) is 19.7. The number of anilines is 3. The van der Waals surface area contributed by atoms with Crippen LogP contribution in [-0.2, 0) is 16.1 Å². The van der Waals surface area contributed by atoms with Crippen molar-refractivity contribution in [2.24, 2.45) is 0 Å². The molecule has 5 rings (SSSR count). The first-order valence-corrected chi connectivity index (χ1v) is 11.4. The minimum atomic E-state index is -0.199. The third kappa shape index (κ3) is 4.67. The molecule has 7 nitrogen and oxygen atoms in total. The van der Waals surface area contributed by atoms with Gasteiger partial charge in [-0.2, -0.15) is 0 Å². The number of hydrogen-bond donors (Lipinski definition) is 2. The van der Waals surface area contributed by atoms with Crippen LogP contribution in [0.3, 0.4) is 0 Å². The lowest BCUT2D eigenvalue weighted by molar-refractivity contribution is -0.118.